The summed E-state index contributed by atoms with van der Waals surface area (Å²) in [4.78, 5) is 26.7. The van der Waals surface area contributed by atoms with Gasteiger partial charge in [0.05, 0.1) is 4.90 Å². The van der Waals surface area contributed by atoms with E-state index >= 15 is 0 Å². The van der Waals surface area contributed by atoms with Gasteiger partial charge in [0.1, 0.15) is 19.3 Å². The quantitative estimate of drug-likeness (QED) is 0.718. The molecule has 2 fully saturated rings. The molecule has 9 nitrogen and oxygen atoms in total. The van der Waals surface area contributed by atoms with Crippen molar-refractivity contribution >= 4 is 33.2 Å². The Morgan fingerprint density at radius 1 is 0.970 bits per heavy atom. The highest BCUT2D eigenvalue weighted by molar-refractivity contribution is 7.89. The molecule has 2 aromatic carbocycles. The van der Waals surface area contributed by atoms with Crippen molar-refractivity contribution in [2.75, 3.05) is 36.5 Å². The molecule has 0 radical (unpaired) electrons. The van der Waals surface area contributed by atoms with E-state index in [4.69, 9.17) is 9.47 Å². The standard InChI is InChI=1S/C23H25N3O6S/c27-22-4-2-11-25(22)17-7-5-16(6-8-17)24-23(28)19-3-1-12-26(19)33(29,30)18-9-10-20-21(15-18)32-14-13-31-20/h5-10,15,19H,1-4,11-14H2,(H,24,28). The van der Waals surface area contributed by atoms with Crippen molar-refractivity contribution in [2.45, 2.75) is 36.6 Å². The number of benzene rings is 2. The minimum absolute atomic E-state index is 0.0751. The van der Waals surface area contributed by atoms with Crippen LogP contribution in [0.1, 0.15) is 25.7 Å². The van der Waals surface area contributed by atoms with Crippen LogP contribution in [0.25, 0.3) is 0 Å². The van der Waals surface area contributed by atoms with Gasteiger partial charge in [-0.3, -0.25) is 9.59 Å². The number of carbonyl (C=O) groups is 2. The molecule has 5 rings (SSSR count). The molecular formula is C23H25N3O6S. The van der Waals surface area contributed by atoms with Crippen LogP contribution in [0.3, 0.4) is 0 Å². The third-order valence-electron chi connectivity index (χ3n) is 6.15. The Bertz CT molecular complexity index is 1180. The lowest BCUT2D eigenvalue weighted by molar-refractivity contribution is -0.119. The molecule has 0 saturated carbocycles. The second kappa shape index (κ2) is 8.68. The molecule has 2 aromatic rings. The summed E-state index contributed by atoms with van der Waals surface area (Å²) in [5.74, 6) is 0.616. The molecule has 1 atom stereocenters. The number of sulfonamides is 1. The van der Waals surface area contributed by atoms with Gasteiger partial charge in [-0.05, 0) is 55.7 Å². The van der Waals surface area contributed by atoms with Gasteiger partial charge >= 0.3 is 0 Å². The van der Waals surface area contributed by atoms with Crippen molar-refractivity contribution < 1.29 is 27.5 Å². The van der Waals surface area contributed by atoms with Gasteiger partial charge in [0.15, 0.2) is 11.5 Å². The summed E-state index contributed by atoms with van der Waals surface area (Å²) in [5, 5.41) is 2.82. The number of ether oxygens (including phenoxy) is 2. The average Bonchev–Trinajstić information content (AvgIpc) is 3.49. The average molecular weight is 472 g/mol. The van der Waals surface area contributed by atoms with Gasteiger partial charge in [-0.2, -0.15) is 4.31 Å². The number of amides is 2. The Morgan fingerprint density at radius 2 is 1.73 bits per heavy atom. The van der Waals surface area contributed by atoms with E-state index in [0.717, 1.165) is 12.1 Å². The highest BCUT2D eigenvalue weighted by atomic mass is 32.2. The third-order valence-corrected chi connectivity index (χ3v) is 8.05. The molecule has 0 spiro atoms. The van der Waals surface area contributed by atoms with Gasteiger partial charge in [0, 0.05) is 37.0 Å². The zero-order valence-corrected chi connectivity index (χ0v) is 18.8. The molecule has 174 valence electrons. The number of hydrogen-bond donors (Lipinski definition) is 1. The molecule has 3 heterocycles. The Labute approximate surface area is 192 Å². The zero-order chi connectivity index (χ0) is 23.0. The number of fused-ring (bicyclic) bond motifs is 1. The second-order valence-electron chi connectivity index (χ2n) is 8.26. The van der Waals surface area contributed by atoms with Crippen LogP contribution in [-0.4, -0.2) is 56.9 Å². The summed E-state index contributed by atoms with van der Waals surface area (Å²) in [5.41, 5.74) is 1.35. The van der Waals surface area contributed by atoms with E-state index in [1.165, 1.54) is 16.4 Å². The van der Waals surface area contributed by atoms with Crippen LogP contribution in [0.2, 0.25) is 0 Å². The number of nitrogens with one attached hydrogen (secondary N) is 1. The SMILES string of the molecule is O=C(Nc1ccc(N2CCCC2=O)cc1)C1CCCN1S(=O)(=O)c1ccc2c(c1)OCCO2. The monoisotopic (exact) mass is 471 g/mol. The zero-order valence-electron chi connectivity index (χ0n) is 18.0. The molecule has 0 bridgehead atoms. The maximum atomic E-state index is 13.3. The highest BCUT2D eigenvalue weighted by Crippen LogP contribution is 2.35. The van der Waals surface area contributed by atoms with Crippen molar-refractivity contribution in [3.05, 3.63) is 42.5 Å². The fraction of sp³-hybridized carbons (Fsp3) is 0.391. The van der Waals surface area contributed by atoms with Gasteiger partial charge in [0.25, 0.3) is 0 Å². The van der Waals surface area contributed by atoms with Crippen LogP contribution in [0.4, 0.5) is 11.4 Å². The van der Waals surface area contributed by atoms with E-state index in [1.54, 1.807) is 35.2 Å². The first-order valence-corrected chi connectivity index (χ1v) is 12.5. The first kappa shape index (κ1) is 21.7. The lowest BCUT2D eigenvalue weighted by Crippen LogP contribution is -2.43. The predicted octanol–water partition coefficient (Wildman–Crippen LogP) is 2.38. The molecule has 3 aliphatic heterocycles. The number of hydrogen-bond acceptors (Lipinski definition) is 6. The van der Waals surface area contributed by atoms with Crippen LogP contribution in [-0.2, 0) is 19.6 Å². The van der Waals surface area contributed by atoms with Crippen molar-refractivity contribution in [3.63, 3.8) is 0 Å². The van der Waals surface area contributed by atoms with Gasteiger partial charge in [0.2, 0.25) is 21.8 Å². The number of nitrogens with zero attached hydrogens (tertiary/aromatic N) is 2. The smallest absolute Gasteiger partial charge is 0.243 e. The number of anilines is 2. The first-order chi connectivity index (χ1) is 15.9. The molecule has 1 unspecified atom stereocenters. The first-order valence-electron chi connectivity index (χ1n) is 11.1. The van der Waals surface area contributed by atoms with Crippen LogP contribution in [0.5, 0.6) is 11.5 Å². The summed E-state index contributed by atoms with van der Waals surface area (Å²) >= 11 is 0. The second-order valence-corrected chi connectivity index (χ2v) is 10.2. The Morgan fingerprint density at radius 3 is 2.45 bits per heavy atom. The van der Waals surface area contributed by atoms with Gasteiger partial charge in [-0.15, -0.1) is 0 Å². The van der Waals surface area contributed by atoms with E-state index in [-0.39, 0.29) is 23.3 Å². The van der Waals surface area contributed by atoms with E-state index < -0.39 is 16.1 Å². The topological polar surface area (TPSA) is 105 Å². The highest BCUT2D eigenvalue weighted by Gasteiger charge is 2.40. The van der Waals surface area contributed by atoms with E-state index in [0.29, 0.717) is 56.2 Å². The summed E-state index contributed by atoms with van der Waals surface area (Å²) in [6.07, 6.45) is 2.42. The summed E-state index contributed by atoms with van der Waals surface area (Å²) in [7, 11) is -3.89. The Balaban J connectivity index is 1.31. The lowest BCUT2D eigenvalue weighted by atomic mass is 10.2. The Kier molecular flexibility index (Phi) is 5.71. The van der Waals surface area contributed by atoms with E-state index in [1.807, 2.05) is 0 Å². The van der Waals surface area contributed by atoms with Crippen molar-refractivity contribution in [1.82, 2.24) is 4.31 Å². The Hall–Kier alpha value is -3.11. The van der Waals surface area contributed by atoms with E-state index in [2.05, 4.69) is 5.32 Å². The molecule has 2 saturated heterocycles. The molecule has 3 aliphatic rings. The third kappa shape index (κ3) is 4.16. The predicted molar refractivity (Wildman–Crippen MR) is 121 cm³/mol. The summed E-state index contributed by atoms with van der Waals surface area (Å²) in [6.45, 7) is 1.74. The van der Waals surface area contributed by atoms with Gasteiger partial charge in [-0.25, -0.2) is 8.42 Å². The molecular weight excluding hydrogens is 446 g/mol. The van der Waals surface area contributed by atoms with Crippen molar-refractivity contribution in [2.24, 2.45) is 0 Å². The fourth-order valence-corrected chi connectivity index (χ4v) is 6.15. The number of carbonyl (C=O) groups excluding carboxylic acids is 2. The molecule has 1 N–H and O–H groups in total. The van der Waals surface area contributed by atoms with Crippen molar-refractivity contribution in [3.8, 4) is 11.5 Å². The minimum atomic E-state index is -3.89. The maximum Gasteiger partial charge on any atom is 0.243 e. The normalized spacial score (nSPS) is 20.8. The van der Waals surface area contributed by atoms with Crippen LogP contribution >= 0.6 is 0 Å². The van der Waals surface area contributed by atoms with Gasteiger partial charge < -0.3 is 19.7 Å². The molecule has 10 heteroatoms. The van der Waals surface area contributed by atoms with Crippen molar-refractivity contribution in [1.29, 1.82) is 0 Å². The minimum Gasteiger partial charge on any atom is -0.486 e. The molecule has 0 aliphatic carbocycles. The summed E-state index contributed by atoms with van der Waals surface area (Å²) < 4.78 is 38.9. The fourth-order valence-electron chi connectivity index (χ4n) is 4.48. The molecule has 2 amide bonds. The molecule has 33 heavy (non-hydrogen) atoms. The van der Waals surface area contributed by atoms with Crippen LogP contribution in [0.15, 0.2) is 47.4 Å². The maximum absolute atomic E-state index is 13.3. The van der Waals surface area contributed by atoms with Gasteiger partial charge in [-0.1, -0.05) is 0 Å². The van der Waals surface area contributed by atoms with Crippen LogP contribution < -0.4 is 19.7 Å². The largest absolute Gasteiger partial charge is 0.486 e. The molecule has 0 aromatic heterocycles. The lowest BCUT2D eigenvalue weighted by Gasteiger charge is -2.25. The van der Waals surface area contributed by atoms with E-state index in [9.17, 15) is 18.0 Å². The summed E-state index contributed by atoms with van der Waals surface area (Å²) in [6, 6.07) is 10.8. The number of rotatable bonds is 5. The van der Waals surface area contributed by atoms with Crippen LogP contribution in [0, 0.1) is 0 Å².